The Morgan fingerprint density at radius 1 is 0.964 bits per heavy atom. The molecule has 2 aliphatic heterocycles. The van der Waals surface area contributed by atoms with Crippen molar-refractivity contribution in [3.63, 3.8) is 0 Å². The number of rotatable bonds is 6. The Labute approximate surface area is 367 Å². The molecule has 0 aliphatic carbocycles. The van der Waals surface area contributed by atoms with Crippen molar-refractivity contribution in [3.8, 4) is 0 Å². The molecule has 3 radical (unpaired) electrons. The van der Waals surface area contributed by atoms with Gasteiger partial charge in [-0.05, 0) is 91.0 Å². The first-order valence-electron chi connectivity index (χ1n) is 15.0. The maximum atomic E-state index is 13.2. The van der Waals surface area contributed by atoms with Crippen molar-refractivity contribution in [2.45, 2.75) is 32.9 Å². The van der Waals surface area contributed by atoms with E-state index >= 15 is 0 Å². The molecule has 1 saturated heterocycles. The zero-order valence-corrected chi connectivity index (χ0v) is 36.1. The number of nitrogens with zero attached hydrogens (tertiary/aromatic N) is 5. The van der Waals surface area contributed by atoms with Crippen LogP contribution in [0.3, 0.4) is 0 Å². The first-order valence-corrected chi connectivity index (χ1v) is 20.2. The minimum Gasteiger partial charge on any atom is -1.00 e. The molecule has 0 saturated carbocycles. The van der Waals surface area contributed by atoms with Gasteiger partial charge in [0.15, 0.2) is 0 Å². The number of benzene rings is 2. The number of carbonyl (C=O) groups excluding carboxylic acids is 2. The molecule has 0 spiro atoms. The summed E-state index contributed by atoms with van der Waals surface area (Å²) in [6.45, 7) is 1.93. The van der Waals surface area contributed by atoms with E-state index in [4.69, 9.17) is 28.3 Å². The second kappa shape index (κ2) is 22.3. The van der Waals surface area contributed by atoms with Gasteiger partial charge in [-0.3, -0.25) is 9.59 Å². The van der Waals surface area contributed by atoms with Gasteiger partial charge in [-0.1, -0.05) is 30.6 Å². The first kappa shape index (κ1) is 51.2. The summed E-state index contributed by atoms with van der Waals surface area (Å²) in [5, 5.41) is 15.7. The summed E-state index contributed by atoms with van der Waals surface area (Å²) < 4.78 is 91.4. The zero-order chi connectivity index (χ0) is 39.1. The van der Waals surface area contributed by atoms with Gasteiger partial charge in [0.2, 0.25) is 5.91 Å². The third-order valence-electron chi connectivity index (χ3n) is 7.16. The summed E-state index contributed by atoms with van der Waals surface area (Å²) in [6, 6.07) is 9.13. The Hall–Kier alpha value is -2.87. The Morgan fingerprint density at radius 2 is 1.50 bits per heavy atom. The molecule has 2 aromatic heterocycles. The van der Waals surface area contributed by atoms with E-state index in [0.717, 1.165) is 32.3 Å². The molecule has 2 unspecified atom stereocenters. The fourth-order valence-electron chi connectivity index (χ4n) is 4.50. The third-order valence-corrected chi connectivity index (χ3v) is 11.8. The smallest absolute Gasteiger partial charge is 1.00 e. The van der Waals surface area contributed by atoms with E-state index in [1.54, 1.807) is 29.8 Å². The molecule has 2 aromatic carbocycles. The van der Waals surface area contributed by atoms with E-state index in [2.05, 4.69) is 28.5 Å². The number of aliphatic hydroxyl groups excluding tert-OH is 1. The van der Waals surface area contributed by atoms with E-state index < -0.39 is 56.0 Å². The van der Waals surface area contributed by atoms with Crippen molar-refractivity contribution in [3.05, 3.63) is 104 Å². The van der Waals surface area contributed by atoms with E-state index in [1.165, 1.54) is 56.0 Å². The van der Waals surface area contributed by atoms with Crippen LogP contribution >= 0.6 is 46.3 Å². The van der Waals surface area contributed by atoms with Crippen molar-refractivity contribution in [1.82, 2.24) is 22.1 Å². The number of aliphatic hydroxyl groups is 1. The number of amides is 2. The topological polar surface area (TPSA) is 203 Å². The molecule has 4 heterocycles. The summed E-state index contributed by atoms with van der Waals surface area (Å²) in [7, 11) is -5.38. The molecule has 1 fully saturated rings. The molecular formula is C31H35BCl2F2N8NaO7S4. The van der Waals surface area contributed by atoms with Crippen molar-refractivity contribution in [2.75, 3.05) is 31.3 Å². The van der Waals surface area contributed by atoms with Crippen LogP contribution in [0.2, 0.25) is 10.0 Å². The quantitative estimate of drug-likeness (QED) is 0.209. The van der Waals surface area contributed by atoms with Crippen LogP contribution in [0.4, 0.5) is 20.2 Å². The molecule has 56 heavy (non-hydrogen) atoms. The van der Waals surface area contributed by atoms with Gasteiger partial charge in [-0.15, -0.1) is 4.40 Å². The Balaban J connectivity index is 0.000000966. The molecule has 297 valence electrons. The minimum atomic E-state index is -4.07. The fourth-order valence-corrected chi connectivity index (χ4v) is 8.12. The van der Waals surface area contributed by atoms with Crippen molar-refractivity contribution in [2.24, 2.45) is 4.40 Å². The predicted molar refractivity (Wildman–Crippen MR) is 213 cm³/mol. The van der Waals surface area contributed by atoms with E-state index in [9.17, 15) is 35.2 Å². The van der Waals surface area contributed by atoms with Gasteiger partial charge >= 0.3 is 39.8 Å². The van der Waals surface area contributed by atoms with Crippen LogP contribution in [0, 0.1) is 11.6 Å². The predicted octanol–water partition coefficient (Wildman–Crippen LogP) is 1.96. The Morgan fingerprint density at radius 3 is 2.00 bits per heavy atom. The standard InChI is InChI=1S/C14H14ClFN4O3S2.C14H10ClFN4O3S2.C2H6O.CH4.B.Na.H/c2*1-20-13(14(21)17-8-2-3-10(16)9(15)6-8)7-12(19-25(20,22)23)11-4-5-24-18-11;1-2-3;;;;/h2-6,12-13,19H,7H2,1H3,(H,17,21);2-7H,1H3,(H,17,21);3H,2H2,1H3;1H4;;;/q;;;;;+1;-1. The molecule has 25 heteroatoms. The SMILES string of the molecule is C.CCO.CN1C(C(=O)Nc2ccc(F)c(Cl)c2)=CC(c2ccsn2)=NS1(=O)=O.CN1C(C(=O)Nc2ccc(F)c(Cl)c2)CC(c2ccsn2)NS1(=O)=O.[B].[H-].[Na+]. The van der Waals surface area contributed by atoms with Gasteiger partial charge in [-0.2, -0.15) is 34.6 Å². The number of anilines is 2. The van der Waals surface area contributed by atoms with Crippen molar-refractivity contribution < 1.29 is 71.3 Å². The van der Waals surface area contributed by atoms with Gasteiger partial charge in [0.05, 0.1) is 21.8 Å². The summed E-state index contributed by atoms with van der Waals surface area (Å²) in [4.78, 5) is 25.1. The number of hydrogen-bond acceptors (Lipinski definition) is 11. The number of carbonyl (C=O) groups is 2. The van der Waals surface area contributed by atoms with Gasteiger partial charge in [0.25, 0.3) is 16.1 Å². The van der Waals surface area contributed by atoms with Gasteiger partial charge < -0.3 is 17.2 Å². The van der Waals surface area contributed by atoms with Crippen LogP contribution in [0.15, 0.2) is 75.5 Å². The molecule has 4 aromatic rings. The molecule has 2 aliphatic rings. The first-order chi connectivity index (χ1) is 25.0. The molecule has 6 rings (SSSR count). The van der Waals surface area contributed by atoms with Gasteiger partial charge in [-0.25, -0.2) is 13.1 Å². The summed E-state index contributed by atoms with van der Waals surface area (Å²) in [5.41, 5.74) is 1.31. The monoisotopic (exact) mass is 901 g/mol. The van der Waals surface area contributed by atoms with E-state index in [1.807, 2.05) is 0 Å². The molecule has 2 atom stereocenters. The number of allylic oxidation sites excluding steroid dienone is 1. The maximum absolute atomic E-state index is 13.2. The number of likely N-dealkylation sites (N-methyl/N-ethyl adjacent to an activating group) is 2. The number of halogens is 4. The summed E-state index contributed by atoms with van der Waals surface area (Å²) >= 11 is 13.7. The Kier molecular flexibility index (Phi) is 20.4. The van der Waals surface area contributed by atoms with Crippen LogP contribution in [0.5, 0.6) is 0 Å². The third kappa shape index (κ3) is 13.1. The summed E-state index contributed by atoms with van der Waals surface area (Å²) in [6.07, 6.45) is 1.52. The largest absolute Gasteiger partial charge is 1.00 e. The summed E-state index contributed by atoms with van der Waals surface area (Å²) in [5.74, 6) is -2.48. The molecule has 4 N–H and O–H groups in total. The average Bonchev–Trinajstić information content (AvgIpc) is 3.83. The number of nitrogens with one attached hydrogen (secondary N) is 3. The number of hydrogen-bond donors (Lipinski definition) is 4. The van der Waals surface area contributed by atoms with E-state index in [0.29, 0.717) is 11.4 Å². The van der Waals surface area contributed by atoms with Crippen LogP contribution in [-0.2, 0) is 30.0 Å². The van der Waals surface area contributed by atoms with Crippen LogP contribution in [-0.4, -0.2) is 92.0 Å². The second-order valence-electron chi connectivity index (χ2n) is 10.7. The molecule has 2 amide bonds. The van der Waals surface area contributed by atoms with Crippen molar-refractivity contribution in [1.29, 1.82) is 0 Å². The Bertz CT molecular complexity index is 2250. The molecule has 15 nitrogen and oxygen atoms in total. The van der Waals surface area contributed by atoms with Gasteiger partial charge in [0.1, 0.15) is 34.8 Å². The van der Waals surface area contributed by atoms with Crippen LogP contribution in [0.25, 0.3) is 0 Å². The molecular weight excluding hydrogens is 867 g/mol. The van der Waals surface area contributed by atoms with E-state index in [-0.39, 0.29) is 92.7 Å². The normalized spacial score (nSPS) is 18.0. The van der Waals surface area contributed by atoms with Crippen LogP contribution in [0.1, 0.15) is 39.6 Å². The second-order valence-corrected chi connectivity index (χ2v) is 16.3. The fraction of sp³-hybridized carbons (Fsp3) is 0.258. The van der Waals surface area contributed by atoms with Crippen molar-refractivity contribution >= 4 is 104 Å². The maximum Gasteiger partial charge on any atom is 1.00 e. The minimum absolute atomic E-state index is 0. The molecule has 0 bridgehead atoms. The number of aromatic nitrogens is 2. The zero-order valence-electron chi connectivity index (χ0n) is 30.3. The average molecular weight is 903 g/mol. The van der Waals surface area contributed by atoms with Gasteiger partial charge in [0, 0.05) is 51.3 Å². The van der Waals surface area contributed by atoms with Crippen LogP contribution < -0.4 is 44.9 Å².